The molecule has 0 bridgehead atoms. The molecule has 25 heavy (non-hydrogen) atoms. The molecule has 1 aromatic carbocycles. The van der Waals surface area contributed by atoms with Crippen LogP contribution in [0.25, 0.3) is 0 Å². The third-order valence-corrected chi connectivity index (χ3v) is 5.03. The number of methoxy groups -OCH3 is 2. The first-order valence-corrected chi connectivity index (χ1v) is 8.98. The quantitative estimate of drug-likeness (QED) is 0.679. The molecule has 0 amide bonds. The van der Waals surface area contributed by atoms with Crippen LogP contribution in [-0.4, -0.2) is 32.8 Å². The number of nitriles is 1. The number of rotatable bonds is 10. The molecule has 0 aliphatic carbocycles. The van der Waals surface area contributed by atoms with Crippen LogP contribution in [0.15, 0.2) is 18.2 Å². The Hall–Kier alpha value is -1.77. The van der Waals surface area contributed by atoms with Crippen molar-refractivity contribution in [1.82, 2.24) is 5.32 Å². The van der Waals surface area contributed by atoms with Crippen molar-refractivity contribution in [3.63, 3.8) is 0 Å². The van der Waals surface area contributed by atoms with Crippen LogP contribution < -0.4 is 20.5 Å². The van der Waals surface area contributed by atoms with Crippen molar-refractivity contribution in [3.8, 4) is 17.6 Å². The van der Waals surface area contributed by atoms with Gasteiger partial charge in [-0.2, -0.15) is 5.26 Å². The fraction of sp³-hybridized carbons (Fsp3) is 0.650. The minimum atomic E-state index is -0.595. The molecule has 1 rings (SSSR count). The number of ether oxygens (including phenoxy) is 2. The molecule has 0 saturated heterocycles. The molecule has 3 N–H and O–H groups in total. The van der Waals surface area contributed by atoms with Crippen LogP contribution in [0.2, 0.25) is 0 Å². The van der Waals surface area contributed by atoms with Gasteiger partial charge < -0.3 is 20.5 Å². The zero-order chi connectivity index (χ0) is 19.0. The van der Waals surface area contributed by atoms with Gasteiger partial charge in [0.05, 0.1) is 25.7 Å². The Morgan fingerprint density at radius 2 is 1.84 bits per heavy atom. The first-order valence-electron chi connectivity index (χ1n) is 8.98. The average molecular weight is 348 g/mol. The monoisotopic (exact) mass is 347 g/mol. The third-order valence-electron chi connectivity index (χ3n) is 5.03. The van der Waals surface area contributed by atoms with E-state index in [1.165, 1.54) is 0 Å². The van der Waals surface area contributed by atoms with E-state index in [1.54, 1.807) is 14.2 Å². The maximum atomic E-state index is 10.1. The highest BCUT2D eigenvalue weighted by molar-refractivity contribution is 5.47. The molecule has 5 nitrogen and oxygen atoms in total. The lowest BCUT2D eigenvalue weighted by molar-refractivity contribution is 0.316. The van der Waals surface area contributed by atoms with Gasteiger partial charge in [0.1, 0.15) is 0 Å². The van der Waals surface area contributed by atoms with Crippen LogP contribution in [0.4, 0.5) is 0 Å². The second-order valence-electron chi connectivity index (χ2n) is 6.87. The molecule has 3 unspecified atom stereocenters. The standard InChI is InChI=1S/C20H33N3O2/c1-7-23-17(15(4)22)10-11-20(13-21,14(2)3)16-8-9-18(24-5)19(12-16)25-6/h8-9,12,14-15,17,23H,7,10-11,22H2,1-6H3. The summed E-state index contributed by atoms with van der Waals surface area (Å²) in [6.07, 6.45) is 1.57. The number of hydrogen-bond acceptors (Lipinski definition) is 5. The summed E-state index contributed by atoms with van der Waals surface area (Å²) < 4.78 is 10.8. The Balaban J connectivity index is 3.21. The Morgan fingerprint density at radius 3 is 2.28 bits per heavy atom. The lowest BCUT2D eigenvalue weighted by Crippen LogP contribution is -2.44. The largest absolute Gasteiger partial charge is 0.493 e. The van der Waals surface area contributed by atoms with Gasteiger partial charge in [-0.1, -0.05) is 26.8 Å². The zero-order valence-electron chi connectivity index (χ0n) is 16.4. The molecule has 0 saturated carbocycles. The zero-order valence-corrected chi connectivity index (χ0v) is 16.4. The summed E-state index contributed by atoms with van der Waals surface area (Å²) in [4.78, 5) is 0. The molecule has 0 heterocycles. The SMILES string of the molecule is CCNC(CCC(C#N)(c1ccc(OC)c(OC)c1)C(C)C)C(C)N. The van der Waals surface area contributed by atoms with Crippen LogP contribution in [0.3, 0.4) is 0 Å². The molecule has 0 spiro atoms. The van der Waals surface area contributed by atoms with E-state index in [1.807, 2.05) is 25.1 Å². The molecule has 3 atom stereocenters. The van der Waals surface area contributed by atoms with Gasteiger partial charge in [0.15, 0.2) is 11.5 Å². The van der Waals surface area contributed by atoms with Crippen molar-refractivity contribution < 1.29 is 9.47 Å². The molecular formula is C20H33N3O2. The van der Waals surface area contributed by atoms with Crippen molar-refractivity contribution in [2.45, 2.75) is 58.0 Å². The summed E-state index contributed by atoms with van der Waals surface area (Å²) in [5.74, 6) is 1.48. The van der Waals surface area contributed by atoms with Crippen molar-refractivity contribution >= 4 is 0 Å². The van der Waals surface area contributed by atoms with E-state index in [9.17, 15) is 5.26 Å². The smallest absolute Gasteiger partial charge is 0.161 e. The molecule has 5 heteroatoms. The second-order valence-corrected chi connectivity index (χ2v) is 6.87. The van der Waals surface area contributed by atoms with Crippen LogP contribution in [-0.2, 0) is 5.41 Å². The van der Waals surface area contributed by atoms with Gasteiger partial charge in [-0.25, -0.2) is 0 Å². The van der Waals surface area contributed by atoms with Crippen LogP contribution in [0.1, 0.15) is 46.1 Å². The maximum Gasteiger partial charge on any atom is 0.161 e. The summed E-state index contributed by atoms with van der Waals surface area (Å²) in [5.41, 5.74) is 6.48. The molecule has 0 aliphatic heterocycles. The summed E-state index contributed by atoms with van der Waals surface area (Å²) >= 11 is 0. The Labute approximate surface area is 152 Å². The normalized spacial score (nSPS) is 16.0. The Bertz CT molecular complexity index is 581. The fourth-order valence-electron chi connectivity index (χ4n) is 3.33. The van der Waals surface area contributed by atoms with Crippen molar-refractivity contribution in [1.29, 1.82) is 5.26 Å². The second kappa shape index (κ2) is 9.65. The number of benzene rings is 1. The molecule has 0 aliphatic rings. The highest BCUT2D eigenvalue weighted by atomic mass is 16.5. The van der Waals surface area contributed by atoms with Crippen molar-refractivity contribution in [3.05, 3.63) is 23.8 Å². The minimum absolute atomic E-state index is 0.0360. The molecule has 0 radical (unpaired) electrons. The van der Waals surface area contributed by atoms with E-state index >= 15 is 0 Å². The van der Waals surface area contributed by atoms with Gasteiger partial charge in [0.25, 0.3) is 0 Å². The average Bonchev–Trinajstić information content (AvgIpc) is 2.60. The van der Waals surface area contributed by atoms with E-state index < -0.39 is 5.41 Å². The topological polar surface area (TPSA) is 80.3 Å². The first-order chi connectivity index (χ1) is 11.9. The number of hydrogen-bond donors (Lipinski definition) is 2. The molecule has 0 fully saturated rings. The molecular weight excluding hydrogens is 314 g/mol. The van der Waals surface area contributed by atoms with Crippen molar-refractivity contribution in [2.75, 3.05) is 20.8 Å². The van der Waals surface area contributed by atoms with Crippen molar-refractivity contribution in [2.24, 2.45) is 11.7 Å². The fourth-order valence-corrected chi connectivity index (χ4v) is 3.33. The predicted octanol–water partition coefficient (Wildman–Crippen LogP) is 3.23. The summed E-state index contributed by atoms with van der Waals surface area (Å²) in [7, 11) is 3.23. The van der Waals surface area contributed by atoms with Gasteiger partial charge in [-0.15, -0.1) is 0 Å². The van der Waals surface area contributed by atoms with Crippen LogP contribution in [0, 0.1) is 17.2 Å². The maximum absolute atomic E-state index is 10.1. The lowest BCUT2D eigenvalue weighted by atomic mass is 9.69. The Kier molecular flexibility index (Phi) is 8.21. The van der Waals surface area contributed by atoms with Gasteiger partial charge in [-0.3, -0.25) is 0 Å². The predicted molar refractivity (Wildman–Crippen MR) is 102 cm³/mol. The van der Waals surface area contributed by atoms with Gasteiger partial charge in [0, 0.05) is 12.1 Å². The van der Waals surface area contributed by atoms with E-state index in [2.05, 4.69) is 32.2 Å². The summed E-state index contributed by atoms with van der Waals surface area (Å²) in [6, 6.07) is 8.59. The Morgan fingerprint density at radius 1 is 1.20 bits per heavy atom. The molecule has 140 valence electrons. The highest BCUT2D eigenvalue weighted by Gasteiger charge is 2.37. The molecule has 0 aromatic heterocycles. The highest BCUT2D eigenvalue weighted by Crippen LogP contribution is 2.40. The lowest BCUT2D eigenvalue weighted by Gasteiger charge is -2.34. The van der Waals surface area contributed by atoms with E-state index in [0.29, 0.717) is 11.5 Å². The first kappa shape index (κ1) is 21.3. The van der Waals surface area contributed by atoms with Gasteiger partial charge in [-0.05, 0) is 49.9 Å². The van der Waals surface area contributed by atoms with E-state index in [4.69, 9.17) is 15.2 Å². The van der Waals surface area contributed by atoms with Gasteiger partial charge >= 0.3 is 0 Å². The number of nitrogens with one attached hydrogen (secondary N) is 1. The molecule has 1 aromatic rings. The van der Waals surface area contributed by atoms with Crippen LogP contribution in [0.5, 0.6) is 11.5 Å². The number of nitrogens with zero attached hydrogens (tertiary/aromatic N) is 1. The van der Waals surface area contributed by atoms with E-state index in [-0.39, 0.29) is 18.0 Å². The number of likely N-dealkylation sites (N-methyl/N-ethyl adjacent to an activating group) is 1. The summed E-state index contributed by atoms with van der Waals surface area (Å²) in [5, 5.41) is 13.5. The summed E-state index contributed by atoms with van der Waals surface area (Å²) in [6.45, 7) is 9.13. The van der Waals surface area contributed by atoms with Gasteiger partial charge in [0.2, 0.25) is 0 Å². The minimum Gasteiger partial charge on any atom is -0.493 e. The van der Waals surface area contributed by atoms with Crippen LogP contribution >= 0.6 is 0 Å². The third kappa shape index (κ3) is 4.87. The van der Waals surface area contributed by atoms with E-state index in [0.717, 1.165) is 24.9 Å². The number of nitrogens with two attached hydrogens (primary N) is 1.